The molecule has 0 radical (unpaired) electrons. The van der Waals surface area contributed by atoms with Crippen LogP contribution in [-0.2, 0) is 4.74 Å². The van der Waals surface area contributed by atoms with Gasteiger partial charge >= 0.3 is 6.18 Å². The summed E-state index contributed by atoms with van der Waals surface area (Å²) < 4.78 is 46.6. The highest BCUT2D eigenvalue weighted by atomic mass is 19.4. The van der Waals surface area contributed by atoms with Gasteiger partial charge in [0.25, 0.3) is 5.91 Å². The van der Waals surface area contributed by atoms with Crippen LogP contribution in [0.25, 0.3) is 0 Å². The Kier molecular flexibility index (Phi) is 7.28. The second kappa shape index (κ2) is 8.71. The molecule has 1 aromatic heterocycles. The Hall–Kier alpha value is -1.83. The van der Waals surface area contributed by atoms with Gasteiger partial charge in [0.15, 0.2) is 6.61 Å². The van der Waals surface area contributed by atoms with E-state index in [2.05, 4.69) is 9.72 Å². The third-order valence-corrected chi connectivity index (χ3v) is 2.81. The Labute approximate surface area is 133 Å². The van der Waals surface area contributed by atoms with Crippen LogP contribution in [0.3, 0.4) is 0 Å². The molecule has 0 aromatic carbocycles. The molecule has 1 heterocycles. The lowest BCUT2D eigenvalue weighted by atomic mass is 10.1. The molecular weight excluding hydrogens is 313 g/mol. The molecule has 130 valence electrons. The van der Waals surface area contributed by atoms with Crippen LogP contribution in [0.15, 0.2) is 18.3 Å². The number of amides is 1. The maximum atomic E-state index is 12.6. The topological polar surface area (TPSA) is 51.7 Å². The second-order valence-electron chi connectivity index (χ2n) is 5.40. The lowest BCUT2D eigenvalue weighted by Crippen LogP contribution is -2.37. The molecule has 5 nitrogen and oxygen atoms in total. The summed E-state index contributed by atoms with van der Waals surface area (Å²) >= 11 is 0. The fourth-order valence-electron chi connectivity index (χ4n) is 1.91. The second-order valence-corrected chi connectivity index (χ2v) is 5.40. The van der Waals surface area contributed by atoms with Gasteiger partial charge in [-0.15, -0.1) is 0 Å². The van der Waals surface area contributed by atoms with Gasteiger partial charge in [0, 0.05) is 26.4 Å². The number of carbonyl (C=O) groups is 1. The summed E-state index contributed by atoms with van der Waals surface area (Å²) in [5.41, 5.74) is 0.00787. The number of carbonyl (C=O) groups excluding carboxylic acids is 1. The van der Waals surface area contributed by atoms with Crippen molar-refractivity contribution in [1.82, 2.24) is 9.88 Å². The summed E-state index contributed by atoms with van der Waals surface area (Å²) in [6, 6.07) is 2.89. The van der Waals surface area contributed by atoms with Crippen LogP contribution in [0.1, 0.15) is 24.2 Å². The number of nitrogens with zero attached hydrogens (tertiary/aromatic N) is 2. The van der Waals surface area contributed by atoms with Crippen molar-refractivity contribution in [2.75, 3.05) is 33.4 Å². The summed E-state index contributed by atoms with van der Waals surface area (Å²) in [7, 11) is 1.51. The van der Waals surface area contributed by atoms with Crippen molar-refractivity contribution in [3.8, 4) is 5.88 Å². The monoisotopic (exact) mass is 334 g/mol. The van der Waals surface area contributed by atoms with Gasteiger partial charge in [0.2, 0.25) is 5.88 Å². The number of ether oxygens (including phenoxy) is 2. The van der Waals surface area contributed by atoms with Crippen molar-refractivity contribution in [2.45, 2.75) is 20.0 Å². The van der Waals surface area contributed by atoms with Gasteiger partial charge < -0.3 is 14.4 Å². The van der Waals surface area contributed by atoms with Crippen LogP contribution in [0.5, 0.6) is 5.88 Å². The molecule has 0 saturated heterocycles. The lowest BCUT2D eigenvalue weighted by molar-refractivity contribution is -0.154. The fourth-order valence-corrected chi connectivity index (χ4v) is 1.91. The van der Waals surface area contributed by atoms with Gasteiger partial charge in [0.1, 0.15) is 5.56 Å². The molecule has 0 spiro atoms. The normalized spacial score (nSPS) is 11.6. The molecule has 8 heteroatoms. The number of hydrogen-bond acceptors (Lipinski definition) is 4. The summed E-state index contributed by atoms with van der Waals surface area (Å²) in [5.74, 6) is -0.547. The smallest absolute Gasteiger partial charge is 0.422 e. The zero-order valence-electron chi connectivity index (χ0n) is 13.4. The third-order valence-electron chi connectivity index (χ3n) is 2.81. The Morgan fingerprint density at radius 1 is 1.39 bits per heavy atom. The largest absolute Gasteiger partial charge is 0.467 e. The van der Waals surface area contributed by atoms with E-state index in [-0.39, 0.29) is 17.4 Å². The van der Waals surface area contributed by atoms with E-state index in [0.717, 1.165) is 0 Å². The number of aromatic nitrogens is 1. The maximum Gasteiger partial charge on any atom is 0.422 e. The van der Waals surface area contributed by atoms with Gasteiger partial charge in [-0.05, 0) is 18.1 Å². The van der Waals surface area contributed by atoms with Gasteiger partial charge in [-0.1, -0.05) is 13.8 Å². The SMILES string of the molecule is COCCN(CC(C)C)C(=O)c1cccnc1OCC(F)(F)F. The van der Waals surface area contributed by atoms with E-state index in [0.29, 0.717) is 19.7 Å². The first-order valence-corrected chi connectivity index (χ1v) is 7.17. The van der Waals surface area contributed by atoms with Gasteiger partial charge in [-0.3, -0.25) is 4.79 Å². The Morgan fingerprint density at radius 2 is 2.09 bits per heavy atom. The Balaban J connectivity index is 2.95. The maximum absolute atomic E-state index is 12.6. The molecule has 0 atom stereocenters. The first-order chi connectivity index (χ1) is 10.7. The first kappa shape index (κ1) is 19.2. The van der Waals surface area contributed by atoms with Crippen LogP contribution < -0.4 is 4.74 Å². The molecule has 0 unspecified atom stereocenters. The summed E-state index contributed by atoms with van der Waals surface area (Å²) in [6.45, 7) is 3.51. The quantitative estimate of drug-likeness (QED) is 0.733. The summed E-state index contributed by atoms with van der Waals surface area (Å²) in [5, 5.41) is 0. The number of pyridine rings is 1. The van der Waals surface area contributed by atoms with E-state index >= 15 is 0 Å². The van der Waals surface area contributed by atoms with Gasteiger partial charge in [-0.25, -0.2) is 4.98 Å². The van der Waals surface area contributed by atoms with Crippen molar-refractivity contribution < 1.29 is 27.4 Å². The van der Waals surface area contributed by atoms with Crippen molar-refractivity contribution in [1.29, 1.82) is 0 Å². The molecular formula is C15H21F3N2O3. The standard InChI is InChI=1S/C15H21F3N2O3/c1-11(2)9-20(7-8-22-3)14(21)12-5-4-6-19-13(12)23-10-15(16,17)18/h4-6,11H,7-10H2,1-3H3. The lowest BCUT2D eigenvalue weighted by Gasteiger charge is -2.25. The minimum absolute atomic E-state index is 0.00787. The molecule has 0 aliphatic carbocycles. The number of alkyl halides is 3. The average molecular weight is 334 g/mol. The molecule has 1 aromatic rings. The molecule has 0 fully saturated rings. The zero-order valence-corrected chi connectivity index (χ0v) is 13.4. The van der Waals surface area contributed by atoms with Crippen LogP contribution in [-0.4, -0.2) is 55.4 Å². The summed E-state index contributed by atoms with van der Waals surface area (Å²) in [4.78, 5) is 17.9. The highest BCUT2D eigenvalue weighted by Gasteiger charge is 2.30. The average Bonchev–Trinajstić information content (AvgIpc) is 2.48. The Morgan fingerprint density at radius 3 is 2.65 bits per heavy atom. The van der Waals surface area contributed by atoms with E-state index in [9.17, 15) is 18.0 Å². The number of hydrogen-bond donors (Lipinski definition) is 0. The number of rotatable bonds is 8. The van der Waals surface area contributed by atoms with E-state index in [1.807, 2.05) is 13.8 Å². The molecule has 1 amide bonds. The van der Waals surface area contributed by atoms with Crippen LogP contribution >= 0.6 is 0 Å². The predicted octanol–water partition coefficient (Wildman–Crippen LogP) is 2.77. The molecule has 23 heavy (non-hydrogen) atoms. The highest BCUT2D eigenvalue weighted by Crippen LogP contribution is 2.21. The minimum atomic E-state index is -4.49. The fraction of sp³-hybridized carbons (Fsp3) is 0.600. The van der Waals surface area contributed by atoms with Crippen molar-refractivity contribution in [2.24, 2.45) is 5.92 Å². The zero-order chi connectivity index (χ0) is 17.5. The van der Waals surface area contributed by atoms with Crippen LogP contribution in [0.2, 0.25) is 0 Å². The minimum Gasteiger partial charge on any atom is -0.467 e. The van der Waals surface area contributed by atoms with E-state index in [4.69, 9.17) is 4.74 Å². The molecule has 0 N–H and O–H groups in total. The van der Waals surface area contributed by atoms with E-state index in [1.54, 1.807) is 0 Å². The molecule has 0 saturated carbocycles. The van der Waals surface area contributed by atoms with Crippen molar-refractivity contribution in [3.05, 3.63) is 23.9 Å². The number of halogens is 3. The van der Waals surface area contributed by atoms with Gasteiger partial charge in [0.05, 0.1) is 6.61 Å². The summed E-state index contributed by atoms with van der Waals surface area (Å²) in [6.07, 6.45) is -3.21. The van der Waals surface area contributed by atoms with Crippen LogP contribution in [0.4, 0.5) is 13.2 Å². The predicted molar refractivity (Wildman–Crippen MR) is 78.4 cm³/mol. The van der Waals surface area contributed by atoms with Gasteiger partial charge in [-0.2, -0.15) is 13.2 Å². The third kappa shape index (κ3) is 6.85. The molecule has 0 bridgehead atoms. The molecule has 0 aliphatic rings. The molecule has 0 aliphatic heterocycles. The van der Waals surface area contributed by atoms with E-state index < -0.39 is 18.7 Å². The van der Waals surface area contributed by atoms with E-state index in [1.165, 1.54) is 30.3 Å². The Bertz CT molecular complexity index is 507. The van der Waals surface area contributed by atoms with Crippen molar-refractivity contribution >= 4 is 5.91 Å². The van der Waals surface area contributed by atoms with Crippen molar-refractivity contribution in [3.63, 3.8) is 0 Å². The highest BCUT2D eigenvalue weighted by molar-refractivity contribution is 5.96. The van der Waals surface area contributed by atoms with Crippen LogP contribution in [0, 0.1) is 5.92 Å². The first-order valence-electron chi connectivity index (χ1n) is 7.17. The number of methoxy groups -OCH3 is 1. The molecule has 1 rings (SSSR count).